The minimum absolute atomic E-state index is 0.0738. The van der Waals surface area contributed by atoms with Crippen molar-refractivity contribution in [3.8, 4) is 0 Å². The smallest absolute Gasteiger partial charge is 0.283 e. The maximum absolute atomic E-state index is 14.6. The van der Waals surface area contributed by atoms with Gasteiger partial charge < -0.3 is 10.5 Å². The quantitative estimate of drug-likeness (QED) is 0.566. The summed E-state index contributed by atoms with van der Waals surface area (Å²) in [4.78, 5) is 16.3. The Morgan fingerprint density at radius 3 is 2.70 bits per heavy atom. The molecule has 160 valence electrons. The number of amidine groups is 1. The molecule has 0 unspecified atom stereocenters. The predicted molar refractivity (Wildman–Crippen MR) is 94.9 cm³/mol. The van der Waals surface area contributed by atoms with Crippen molar-refractivity contribution in [1.82, 2.24) is 9.78 Å². The number of hydrogen-bond acceptors (Lipinski definition) is 5. The molecule has 1 aromatic carbocycles. The number of carbonyl (C=O) groups is 1. The van der Waals surface area contributed by atoms with Gasteiger partial charge in [-0.25, -0.2) is 26.9 Å². The number of hydrogen-bond donors (Lipinski definition) is 1. The minimum Gasteiger partial charge on any atom is -0.462 e. The second kappa shape index (κ2) is 7.06. The predicted octanol–water partition coefficient (Wildman–Crippen LogP) is 3.12. The number of fused-ring (bicyclic) bond motifs is 1. The molecule has 1 aliphatic carbocycles. The van der Waals surface area contributed by atoms with Crippen molar-refractivity contribution >= 4 is 11.8 Å². The first-order valence-corrected chi connectivity index (χ1v) is 9.07. The standard InChI is InChI=1S/C19H17F5N4O2/c1-28-13(7-12(27-28)16(21)22)14(29)5-8-2-3-11(20)9(4-8)19(17(23)24)10-6-15(10)30-18(25)26-19/h2-4,7,10,15-17H,5-6H2,1H3,(H2,25,26)/t10-,15+,19+/m0/s1. The molecule has 2 N–H and O–H groups in total. The van der Waals surface area contributed by atoms with Crippen LogP contribution in [0.1, 0.15) is 40.2 Å². The van der Waals surface area contributed by atoms with Gasteiger partial charge in [0, 0.05) is 24.9 Å². The SMILES string of the molecule is Cn1nc(C(F)F)cc1C(=O)Cc1ccc(F)c([C@@]2(C(F)F)N=C(N)O[C@@H]3C[C@@H]32)c1. The van der Waals surface area contributed by atoms with E-state index in [9.17, 15) is 26.7 Å². The van der Waals surface area contributed by atoms with Crippen molar-refractivity contribution in [1.29, 1.82) is 0 Å². The third kappa shape index (κ3) is 3.21. The van der Waals surface area contributed by atoms with E-state index >= 15 is 0 Å². The third-order valence-electron chi connectivity index (χ3n) is 5.43. The van der Waals surface area contributed by atoms with E-state index in [1.165, 1.54) is 13.1 Å². The molecule has 2 aromatic rings. The third-order valence-corrected chi connectivity index (χ3v) is 5.43. The maximum atomic E-state index is 14.6. The molecule has 0 radical (unpaired) electrons. The average Bonchev–Trinajstić information content (AvgIpc) is 3.34. The van der Waals surface area contributed by atoms with Gasteiger partial charge >= 0.3 is 0 Å². The summed E-state index contributed by atoms with van der Waals surface area (Å²) in [5.41, 5.74) is 2.56. The molecule has 1 aliphatic heterocycles. The Morgan fingerprint density at radius 1 is 1.33 bits per heavy atom. The van der Waals surface area contributed by atoms with E-state index in [-0.39, 0.29) is 29.7 Å². The summed E-state index contributed by atoms with van der Waals surface area (Å²) >= 11 is 0. The Balaban J connectivity index is 1.69. The Labute approximate surface area is 167 Å². The van der Waals surface area contributed by atoms with E-state index in [0.717, 1.165) is 22.9 Å². The largest absolute Gasteiger partial charge is 0.462 e. The number of aromatic nitrogens is 2. The molecule has 11 heteroatoms. The number of aryl methyl sites for hydroxylation is 1. The van der Waals surface area contributed by atoms with Crippen LogP contribution in [0.3, 0.4) is 0 Å². The van der Waals surface area contributed by atoms with Gasteiger partial charge in [0.05, 0.1) is 0 Å². The number of benzene rings is 1. The van der Waals surface area contributed by atoms with Crippen LogP contribution in [-0.4, -0.2) is 34.1 Å². The molecule has 3 atom stereocenters. The first-order valence-electron chi connectivity index (χ1n) is 9.07. The first kappa shape index (κ1) is 20.3. The monoisotopic (exact) mass is 428 g/mol. The number of Topliss-reactive ketones (excluding diaryl/α,β-unsaturated/α-hetero) is 1. The molecule has 1 saturated carbocycles. The van der Waals surface area contributed by atoms with Crippen molar-refractivity contribution in [2.45, 2.75) is 37.3 Å². The van der Waals surface area contributed by atoms with Crippen LogP contribution in [0.15, 0.2) is 29.3 Å². The highest BCUT2D eigenvalue weighted by molar-refractivity contribution is 5.96. The van der Waals surface area contributed by atoms with E-state index < -0.39 is 53.7 Å². The summed E-state index contributed by atoms with van der Waals surface area (Å²) in [7, 11) is 1.34. The lowest BCUT2D eigenvalue weighted by atomic mass is 9.83. The Kier molecular flexibility index (Phi) is 4.78. The molecule has 30 heavy (non-hydrogen) atoms. The first-order chi connectivity index (χ1) is 14.1. The second-order valence-electron chi connectivity index (χ2n) is 7.37. The van der Waals surface area contributed by atoms with Crippen LogP contribution in [0.5, 0.6) is 0 Å². The summed E-state index contributed by atoms with van der Waals surface area (Å²) < 4.78 is 74.7. The Morgan fingerprint density at radius 2 is 2.07 bits per heavy atom. The number of carbonyl (C=O) groups excluding carboxylic acids is 1. The van der Waals surface area contributed by atoms with Crippen molar-refractivity contribution in [3.05, 3.63) is 52.6 Å². The number of nitrogens with two attached hydrogens (primary N) is 1. The highest BCUT2D eigenvalue weighted by Crippen LogP contribution is 2.56. The van der Waals surface area contributed by atoms with E-state index in [4.69, 9.17) is 10.5 Å². The summed E-state index contributed by atoms with van der Waals surface area (Å²) in [5.74, 6) is -2.22. The van der Waals surface area contributed by atoms with Crippen molar-refractivity contribution in [2.75, 3.05) is 0 Å². The number of halogens is 5. The van der Waals surface area contributed by atoms with Gasteiger partial charge in [-0.1, -0.05) is 6.07 Å². The maximum Gasteiger partial charge on any atom is 0.283 e. The molecule has 6 nitrogen and oxygen atoms in total. The van der Waals surface area contributed by atoms with E-state index in [1.54, 1.807) is 0 Å². The molecule has 1 aromatic heterocycles. The number of ketones is 1. The van der Waals surface area contributed by atoms with Crippen LogP contribution >= 0.6 is 0 Å². The highest BCUT2D eigenvalue weighted by atomic mass is 19.3. The molecular formula is C19H17F5N4O2. The lowest BCUT2D eigenvalue weighted by Gasteiger charge is -2.33. The zero-order valence-electron chi connectivity index (χ0n) is 15.7. The van der Waals surface area contributed by atoms with Gasteiger partial charge in [-0.3, -0.25) is 9.48 Å². The van der Waals surface area contributed by atoms with Gasteiger partial charge in [0.2, 0.25) is 0 Å². The average molecular weight is 428 g/mol. The van der Waals surface area contributed by atoms with Crippen LogP contribution in [-0.2, 0) is 23.7 Å². The number of aliphatic imine (C=N–C) groups is 1. The highest BCUT2D eigenvalue weighted by Gasteiger charge is 2.64. The van der Waals surface area contributed by atoms with E-state index in [0.29, 0.717) is 0 Å². The van der Waals surface area contributed by atoms with E-state index in [1.807, 2.05) is 0 Å². The van der Waals surface area contributed by atoms with Crippen molar-refractivity contribution in [3.63, 3.8) is 0 Å². The Bertz CT molecular complexity index is 1040. The van der Waals surface area contributed by atoms with Gasteiger partial charge in [-0.2, -0.15) is 5.10 Å². The van der Waals surface area contributed by atoms with Crippen LogP contribution in [0.2, 0.25) is 0 Å². The fourth-order valence-electron chi connectivity index (χ4n) is 3.92. The van der Waals surface area contributed by atoms with Crippen LogP contribution in [0.25, 0.3) is 0 Å². The number of rotatable bonds is 6. The molecule has 4 rings (SSSR count). The number of ether oxygens (including phenoxy) is 1. The number of alkyl halides is 4. The molecule has 0 saturated heterocycles. The fourth-order valence-corrected chi connectivity index (χ4v) is 3.92. The molecule has 0 spiro atoms. The zero-order chi connectivity index (χ0) is 21.8. The van der Waals surface area contributed by atoms with Crippen LogP contribution in [0, 0.1) is 11.7 Å². The number of nitrogens with zero attached hydrogens (tertiary/aromatic N) is 3. The summed E-state index contributed by atoms with van der Waals surface area (Å²) in [5, 5.41) is 3.58. The lowest BCUT2D eigenvalue weighted by Crippen LogP contribution is -2.43. The molecule has 1 fully saturated rings. The van der Waals surface area contributed by atoms with Gasteiger partial charge in [-0.15, -0.1) is 0 Å². The molecule has 2 heterocycles. The topological polar surface area (TPSA) is 82.5 Å². The fraction of sp³-hybridized carbons (Fsp3) is 0.421. The summed E-state index contributed by atoms with van der Waals surface area (Å²) in [6.45, 7) is 0. The minimum atomic E-state index is -3.05. The molecule has 2 aliphatic rings. The van der Waals surface area contributed by atoms with E-state index in [2.05, 4.69) is 10.1 Å². The van der Waals surface area contributed by atoms with Crippen molar-refractivity contribution in [2.24, 2.45) is 23.7 Å². The summed E-state index contributed by atoms with van der Waals surface area (Å²) in [6.07, 6.45) is -6.53. The lowest BCUT2D eigenvalue weighted by molar-refractivity contribution is 0.0176. The van der Waals surface area contributed by atoms with Crippen LogP contribution in [0.4, 0.5) is 22.0 Å². The normalized spacial score (nSPS) is 25.1. The van der Waals surface area contributed by atoms with Crippen LogP contribution < -0.4 is 5.73 Å². The van der Waals surface area contributed by atoms with Gasteiger partial charge in [-0.05, 0) is 30.2 Å². The molecule has 0 bridgehead atoms. The Hall–Kier alpha value is -2.98. The van der Waals surface area contributed by atoms with Gasteiger partial charge in [0.1, 0.15) is 23.3 Å². The van der Waals surface area contributed by atoms with Crippen molar-refractivity contribution < 1.29 is 31.5 Å². The second-order valence-corrected chi connectivity index (χ2v) is 7.37. The zero-order valence-corrected chi connectivity index (χ0v) is 15.7. The van der Waals surface area contributed by atoms with Gasteiger partial charge in [0.15, 0.2) is 11.3 Å². The van der Waals surface area contributed by atoms with Gasteiger partial charge in [0.25, 0.3) is 18.9 Å². The molecular weight excluding hydrogens is 411 g/mol. The summed E-state index contributed by atoms with van der Waals surface area (Å²) in [6, 6.07) is 3.94. The molecule has 0 amide bonds.